The van der Waals surface area contributed by atoms with Gasteiger partial charge in [0, 0.05) is 10.4 Å². The Bertz CT molecular complexity index is 712. The molecule has 0 radical (unpaired) electrons. The van der Waals surface area contributed by atoms with Crippen molar-refractivity contribution in [2.45, 2.75) is 33.6 Å². The number of hydrogen-bond donors (Lipinski definition) is 2. The largest absolute Gasteiger partial charge is 0.366 e. The molecule has 0 fully saturated rings. The summed E-state index contributed by atoms with van der Waals surface area (Å²) in [6, 6.07) is 7.46. The molecule has 0 saturated carbocycles. The molecule has 1 aromatic heterocycles. The summed E-state index contributed by atoms with van der Waals surface area (Å²) in [7, 11) is 0. The Morgan fingerprint density at radius 2 is 1.77 bits per heavy atom. The summed E-state index contributed by atoms with van der Waals surface area (Å²) in [5.41, 5.74) is 8.23. The lowest BCUT2D eigenvalue weighted by Gasteiger charge is -2.10. The molecule has 0 aliphatic carbocycles. The van der Waals surface area contributed by atoms with E-state index in [4.69, 9.17) is 5.73 Å². The lowest BCUT2D eigenvalue weighted by molar-refractivity contribution is 0.100. The number of nitrogens with one attached hydrogen (secondary N) is 1. The maximum absolute atomic E-state index is 12.6. The molecule has 0 unspecified atom stereocenters. The van der Waals surface area contributed by atoms with E-state index in [1.807, 2.05) is 45.9 Å². The van der Waals surface area contributed by atoms with Crippen LogP contribution in [0.5, 0.6) is 0 Å². The van der Waals surface area contributed by atoms with Crippen molar-refractivity contribution >= 4 is 28.2 Å². The highest BCUT2D eigenvalue weighted by Gasteiger charge is 2.19. The van der Waals surface area contributed by atoms with Crippen LogP contribution in [0.1, 0.15) is 56.5 Å². The summed E-state index contributed by atoms with van der Waals surface area (Å²) in [5.74, 6) is -0.468. The van der Waals surface area contributed by atoms with Crippen molar-refractivity contribution in [3.8, 4) is 0 Å². The molecule has 4 nitrogen and oxygen atoms in total. The second-order valence-electron chi connectivity index (χ2n) is 5.63. The van der Waals surface area contributed by atoms with Crippen LogP contribution in [0.3, 0.4) is 0 Å². The zero-order valence-electron chi connectivity index (χ0n) is 13.2. The molecule has 2 aromatic rings. The molecule has 5 heteroatoms. The molecule has 0 saturated heterocycles. The summed E-state index contributed by atoms with van der Waals surface area (Å²) in [6.07, 6.45) is 0. The number of amides is 2. The third-order valence-corrected chi connectivity index (χ3v) is 4.87. The van der Waals surface area contributed by atoms with Crippen LogP contribution in [0.15, 0.2) is 24.3 Å². The van der Waals surface area contributed by atoms with Gasteiger partial charge in [0.25, 0.3) is 11.8 Å². The van der Waals surface area contributed by atoms with E-state index in [1.54, 1.807) is 6.07 Å². The first-order chi connectivity index (χ1) is 10.3. The average molecular weight is 316 g/mol. The van der Waals surface area contributed by atoms with E-state index in [1.165, 1.54) is 11.3 Å². The van der Waals surface area contributed by atoms with Crippen molar-refractivity contribution in [2.24, 2.45) is 5.73 Å². The Morgan fingerprint density at radius 3 is 2.27 bits per heavy atom. The van der Waals surface area contributed by atoms with Crippen LogP contribution in [-0.2, 0) is 0 Å². The summed E-state index contributed by atoms with van der Waals surface area (Å²) in [5, 5.41) is 3.36. The molecule has 116 valence electrons. The topological polar surface area (TPSA) is 72.2 Å². The standard InChI is InChI=1S/C17H20N2O2S/c1-9(2)13-8-12(15(18)20)17(22-13)19-16(21)14-10(3)6-5-7-11(14)4/h5-9H,1-4H3,(H2,18,20)(H,19,21). The Kier molecular flexibility index (Phi) is 4.66. The lowest BCUT2D eigenvalue weighted by Crippen LogP contribution is -2.18. The Morgan fingerprint density at radius 1 is 1.18 bits per heavy atom. The summed E-state index contributed by atoms with van der Waals surface area (Å²) < 4.78 is 0. The highest BCUT2D eigenvalue weighted by atomic mass is 32.1. The molecular formula is C17H20N2O2S. The average Bonchev–Trinajstić information content (AvgIpc) is 2.82. The molecule has 0 bridgehead atoms. The maximum atomic E-state index is 12.6. The number of carbonyl (C=O) groups is 2. The van der Waals surface area contributed by atoms with Gasteiger partial charge in [-0.25, -0.2) is 0 Å². The van der Waals surface area contributed by atoms with Gasteiger partial charge in [0.1, 0.15) is 5.00 Å². The zero-order chi connectivity index (χ0) is 16.4. The highest BCUT2D eigenvalue weighted by molar-refractivity contribution is 7.16. The fraction of sp³-hybridized carbons (Fsp3) is 0.294. The van der Waals surface area contributed by atoms with Crippen LogP contribution in [0.2, 0.25) is 0 Å². The Balaban J connectivity index is 2.38. The maximum Gasteiger partial charge on any atom is 0.256 e. The number of primary amides is 1. The molecule has 0 atom stereocenters. The number of anilines is 1. The number of hydrogen-bond acceptors (Lipinski definition) is 3. The number of benzene rings is 1. The van der Waals surface area contributed by atoms with E-state index >= 15 is 0 Å². The number of aryl methyl sites for hydroxylation is 2. The Hall–Kier alpha value is -2.14. The smallest absolute Gasteiger partial charge is 0.256 e. The van der Waals surface area contributed by atoms with Crippen molar-refractivity contribution in [1.82, 2.24) is 0 Å². The second kappa shape index (κ2) is 6.32. The normalized spacial score (nSPS) is 10.8. The molecule has 1 aromatic carbocycles. The monoisotopic (exact) mass is 316 g/mol. The third-order valence-electron chi connectivity index (χ3n) is 3.52. The van der Waals surface area contributed by atoms with Crippen LogP contribution in [0, 0.1) is 13.8 Å². The molecule has 2 rings (SSSR count). The van der Waals surface area contributed by atoms with Crippen LogP contribution < -0.4 is 11.1 Å². The summed E-state index contributed by atoms with van der Waals surface area (Å²) in [6.45, 7) is 7.86. The molecule has 0 aliphatic heterocycles. The summed E-state index contributed by atoms with van der Waals surface area (Å²) in [4.78, 5) is 25.2. The molecule has 1 heterocycles. The minimum atomic E-state index is -0.528. The highest BCUT2D eigenvalue weighted by Crippen LogP contribution is 2.33. The van der Waals surface area contributed by atoms with Gasteiger partial charge in [0.15, 0.2) is 0 Å². The van der Waals surface area contributed by atoms with Crippen molar-refractivity contribution in [3.05, 3.63) is 51.4 Å². The minimum absolute atomic E-state index is 0.213. The van der Waals surface area contributed by atoms with Crippen molar-refractivity contribution < 1.29 is 9.59 Å². The van der Waals surface area contributed by atoms with E-state index in [0.29, 0.717) is 16.1 Å². The predicted molar refractivity (Wildman–Crippen MR) is 90.8 cm³/mol. The number of thiophene rings is 1. The van der Waals surface area contributed by atoms with E-state index in [0.717, 1.165) is 16.0 Å². The van der Waals surface area contributed by atoms with Gasteiger partial charge in [-0.2, -0.15) is 0 Å². The van der Waals surface area contributed by atoms with Crippen LogP contribution in [0.25, 0.3) is 0 Å². The van der Waals surface area contributed by atoms with Gasteiger partial charge in [-0.3, -0.25) is 9.59 Å². The van der Waals surface area contributed by atoms with Crippen LogP contribution >= 0.6 is 11.3 Å². The molecule has 3 N–H and O–H groups in total. The number of carbonyl (C=O) groups excluding carboxylic acids is 2. The fourth-order valence-corrected chi connectivity index (χ4v) is 3.37. The van der Waals surface area contributed by atoms with Crippen molar-refractivity contribution in [1.29, 1.82) is 0 Å². The van der Waals surface area contributed by atoms with Gasteiger partial charge in [0.05, 0.1) is 5.56 Å². The van der Waals surface area contributed by atoms with Gasteiger partial charge in [-0.15, -0.1) is 11.3 Å². The van der Waals surface area contributed by atoms with Gasteiger partial charge < -0.3 is 11.1 Å². The quantitative estimate of drug-likeness (QED) is 0.899. The SMILES string of the molecule is Cc1cccc(C)c1C(=O)Nc1sc(C(C)C)cc1C(N)=O. The number of rotatable bonds is 4. The first-order valence-electron chi connectivity index (χ1n) is 7.12. The van der Waals surface area contributed by atoms with E-state index in [9.17, 15) is 9.59 Å². The first-order valence-corrected chi connectivity index (χ1v) is 7.94. The first kappa shape index (κ1) is 16.2. The summed E-state index contributed by atoms with van der Waals surface area (Å²) >= 11 is 1.40. The van der Waals surface area contributed by atoms with Crippen LogP contribution in [0.4, 0.5) is 5.00 Å². The lowest BCUT2D eigenvalue weighted by atomic mass is 10.0. The van der Waals surface area contributed by atoms with Crippen molar-refractivity contribution in [2.75, 3.05) is 5.32 Å². The van der Waals surface area contributed by atoms with Crippen LogP contribution in [-0.4, -0.2) is 11.8 Å². The van der Waals surface area contributed by atoms with E-state index < -0.39 is 5.91 Å². The predicted octanol–water partition coefficient (Wildman–Crippen LogP) is 3.84. The Labute approximate surface area is 134 Å². The zero-order valence-corrected chi connectivity index (χ0v) is 14.0. The molecule has 0 spiro atoms. The minimum Gasteiger partial charge on any atom is -0.366 e. The number of nitrogens with two attached hydrogens (primary N) is 1. The van der Waals surface area contributed by atoms with Gasteiger partial charge in [-0.05, 0) is 37.0 Å². The van der Waals surface area contributed by atoms with Gasteiger partial charge in [0.2, 0.25) is 0 Å². The molecule has 2 amide bonds. The third kappa shape index (κ3) is 3.20. The van der Waals surface area contributed by atoms with Gasteiger partial charge >= 0.3 is 0 Å². The van der Waals surface area contributed by atoms with E-state index in [-0.39, 0.29) is 11.8 Å². The molecule has 0 aliphatic rings. The second-order valence-corrected chi connectivity index (χ2v) is 6.72. The van der Waals surface area contributed by atoms with Gasteiger partial charge in [-0.1, -0.05) is 32.0 Å². The fourth-order valence-electron chi connectivity index (χ4n) is 2.31. The molecule has 22 heavy (non-hydrogen) atoms. The van der Waals surface area contributed by atoms with Crippen molar-refractivity contribution in [3.63, 3.8) is 0 Å². The van der Waals surface area contributed by atoms with E-state index in [2.05, 4.69) is 5.32 Å². The molecular weight excluding hydrogens is 296 g/mol.